The van der Waals surface area contributed by atoms with Crippen molar-refractivity contribution in [3.05, 3.63) is 77.4 Å². The fraction of sp³-hybridized carbons (Fsp3) is 0.143. The SMILES string of the molecule is Cc1cc(-c2ccccc2O)c(CO)c(C)c1-c1ccccc1. The van der Waals surface area contributed by atoms with Gasteiger partial charge in [0.05, 0.1) is 6.61 Å². The Balaban J connectivity index is 2.28. The van der Waals surface area contributed by atoms with E-state index in [-0.39, 0.29) is 12.4 Å². The number of rotatable bonds is 3. The minimum absolute atomic E-state index is 0.0599. The molecule has 23 heavy (non-hydrogen) atoms. The summed E-state index contributed by atoms with van der Waals surface area (Å²) in [5.74, 6) is 0.230. The molecule has 0 saturated carbocycles. The van der Waals surface area contributed by atoms with Crippen LogP contribution in [0.3, 0.4) is 0 Å². The number of aromatic hydroxyl groups is 1. The molecule has 0 fully saturated rings. The van der Waals surface area contributed by atoms with Gasteiger partial charge in [0, 0.05) is 5.56 Å². The van der Waals surface area contributed by atoms with Gasteiger partial charge in [0.1, 0.15) is 5.75 Å². The average molecular weight is 304 g/mol. The van der Waals surface area contributed by atoms with Gasteiger partial charge in [-0.15, -0.1) is 0 Å². The molecule has 0 heterocycles. The maximum atomic E-state index is 10.2. The van der Waals surface area contributed by atoms with Crippen LogP contribution in [-0.4, -0.2) is 10.2 Å². The zero-order valence-corrected chi connectivity index (χ0v) is 13.4. The van der Waals surface area contributed by atoms with Gasteiger partial charge in [0.2, 0.25) is 0 Å². The highest BCUT2D eigenvalue weighted by molar-refractivity contribution is 5.81. The summed E-state index contributed by atoms with van der Waals surface area (Å²) in [6, 6.07) is 19.5. The van der Waals surface area contributed by atoms with Crippen LogP contribution in [0.1, 0.15) is 16.7 Å². The second-order valence-electron chi connectivity index (χ2n) is 5.76. The molecule has 0 aliphatic heterocycles. The fourth-order valence-electron chi connectivity index (χ4n) is 3.22. The Morgan fingerprint density at radius 3 is 2.13 bits per heavy atom. The zero-order chi connectivity index (χ0) is 16.4. The lowest BCUT2D eigenvalue weighted by Crippen LogP contribution is -1.99. The van der Waals surface area contributed by atoms with Gasteiger partial charge >= 0.3 is 0 Å². The van der Waals surface area contributed by atoms with E-state index in [0.717, 1.165) is 38.9 Å². The lowest BCUT2D eigenvalue weighted by molar-refractivity contribution is 0.281. The number of phenols is 1. The first kappa shape index (κ1) is 15.3. The Labute approximate surface area is 136 Å². The normalized spacial score (nSPS) is 10.7. The topological polar surface area (TPSA) is 40.5 Å². The smallest absolute Gasteiger partial charge is 0.123 e. The van der Waals surface area contributed by atoms with Gasteiger partial charge in [0.25, 0.3) is 0 Å². The first-order valence-electron chi connectivity index (χ1n) is 7.71. The second kappa shape index (κ2) is 6.27. The molecule has 3 aromatic rings. The summed E-state index contributed by atoms with van der Waals surface area (Å²) >= 11 is 0. The molecule has 3 rings (SSSR count). The first-order valence-corrected chi connectivity index (χ1v) is 7.71. The Kier molecular flexibility index (Phi) is 4.18. The van der Waals surface area contributed by atoms with Crippen molar-refractivity contribution in [3.63, 3.8) is 0 Å². The predicted molar refractivity (Wildman–Crippen MR) is 94.4 cm³/mol. The number of aliphatic hydroxyl groups excluding tert-OH is 1. The molecule has 116 valence electrons. The number of para-hydroxylation sites is 1. The number of aliphatic hydroxyl groups is 1. The molecule has 0 aromatic heterocycles. The summed E-state index contributed by atoms with van der Waals surface area (Å²) in [5, 5.41) is 20.1. The van der Waals surface area contributed by atoms with E-state index in [1.54, 1.807) is 12.1 Å². The second-order valence-corrected chi connectivity index (χ2v) is 5.76. The van der Waals surface area contributed by atoms with Gasteiger partial charge in [-0.3, -0.25) is 0 Å². The Hall–Kier alpha value is -2.58. The van der Waals surface area contributed by atoms with Crippen molar-refractivity contribution in [2.75, 3.05) is 0 Å². The molecule has 0 bridgehead atoms. The van der Waals surface area contributed by atoms with Gasteiger partial charge < -0.3 is 10.2 Å². The third-order valence-electron chi connectivity index (χ3n) is 4.32. The molecule has 0 saturated heterocycles. The fourth-order valence-corrected chi connectivity index (χ4v) is 3.22. The monoisotopic (exact) mass is 304 g/mol. The lowest BCUT2D eigenvalue weighted by atomic mass is 9.86. The van der Waals surface area contributed by atoms with Crippen LogP contribution in [0.2, 0.25) is 0 Å². The molecule has 2 nitrogen and oxygen atoms in total. The van der Waals surface area contributed by atoms with E-state index in [1.165, 1.54) is 0 Å². The predicted octanol–water partition coefficient (Wildman–Crippen LogP) is 4.84. The van der Waals surface area contributed by atoms with Crippen LogP contribution in [0.4, 0.5) is 0 Å². The molecule has 0 unspecified atom stereocenters. The van der Waals surface area contributed by atoms with Crippen molar-refractivity contribution in [1.82, 2.24) is 0 Å². The lowest BCUT2D eigenvalue weighted by Gasteiger charge is -2.19. The highest BCUT2D eigenvalue weighted by Gasteiger charge is 2.16. The van der Waals surface area contributed by atoms with E-state index in [2.05, 4.69) is 25.1 Å². The Morgan fingerprint density at radius 1 is 0.826 bits per heavy atom. The third kappa shape index (κ3) is 2.73. The van der Waals surface area contributed by atoms with Crippen LogP contribution < -0.4 is 0 Å². The molecule has 0 aliphatic carbocycles. The van der Waals surface area contributed by atoms with E-state index in [1.807, 2.05) is 37.3 Å². The summed E-state index contributed by atoms with van der Waals surface area (Å²) in [4.78, 5) is 0. The summed E-state index contributed by atoms with van der Waals surface area (Å²) in [5.41, 5.74) is 6.97. The van der Waals surface area contributed by atoms with Crippen LogP contribution in [0.15, 0.2) is 60.7 Å². The maximum Gasteiger partial charge on any atom is 0.123 e. The Bertz CT molecular complexity index is 836. The Morgan fingerprint density at radius 2 is 1.48 bits per heavy atom. The quantitative estimate of drug-likeness (QED) is 0.727. The van der Waals surface area contributed by atoms with Crippen LogP contribution in [0.25, 0.3) is 22.3 Å². The number of phenolic OH excluding ortho intramolecular Hbond substituents is 1. The van der Waals surface area contributed by atoms with Crippen molar-refractivity contribution < 1.29 is 10.2 Å². The molecular formula is C21H20O2. The summed E-state index contributed by atoms with van der Waals surface area (Å²) < 4.78 is 0. The van der Waals surface area contributed by atoms with Crippen molar-refractivity contribution in [2.24, 2.45) is 0 Å². The molecule has 2 heteroatoms. The van der Waals surface area contributed by atoms with Gasteiger partial charge in [-0.2, -0.15) is 0 Å². The first-order chi connectivity index (χ1) is 11.1. The van der Waals surface area contributed by atoms with Crippen LogP contribution in [0.5, 0.6) is 5.75 Å². The summed E-state index contributed by atoms with van der Waals surface area (Å²) in [7, 11) is 0. The average Bonchev–Trinajstić information content (AvgIpc) is 2.56. The van der Waals surface area contributed by atoms with Gasteiger partial charge in [-0.1, -0.05) is 54.6 Å². The van der Waals surface area contributed by atoms with Crippen molar-refractivity contribution in [3.8, 4) is 28.0 Å². The van der Waals surface area contributed by atoms with E-state index in [0.29, 0.717) is 0 Å². The van der Waals surface area contributed by atoms with Crippen molar-refractivity contribution in [2.45, 2.75) is 20.5 Å². The van der Waals surface area contributed by atoms with Crippen molar-refractivity contribution in [1.29, 1.82) is 0 Å². The zero-order valence-electron chi connectivity index (χ0n) is 13.4. The van der Waals surface area contributed by atoms with E-state index in [9.17, 15) is 10.2 Å². The minimum Gasteiger partial charge on any atom is -0.507 e. The van der Waals surface area contributed by atoms with Crippen LogP contribution in [-0.2, 0) is 6.61 Å². The summed E-state index contributed by atoms with van der Waals surface area (Å²) in [6.45, 7) is 4.04. The molecule has 3 aromatic carbocycles. The van der Waals surface area contributed by atoms with Gasteiger partial charge in [-0.25, -0.2) is 0 Å². The third-order valence-corrected chi connectivity index (χ3v) is 4.32. The number of hydrogen-bond donors (Lipinski definition) is 2. The number of benzene rings is 3. The van der Waals surface area contributed by atoms with E-state index >= 15 is 0 Å². The van der Waals surface area contributed by atoms with Gasteiger partial charge in [0.15, 0.2) is 0 Å². The molecule has 2 N–H and O–H groups in total. The summed E-state index contributed by atoms with van der Waals surface area (Å²) in [6.07, 6.45) is 0. The number of aryl methyl sites for hydroxylation is 1. The molecule has 0 radical (unpaired) electrons. The minimum atomic E-state index is -0.0599. The number of hydrogen-bond acceptors (Lipinski definition) is 2. The molecule has 0 spiro atoms. The van der Waals surface area contributed by atoms with Crippen LogP contribution >= 0.6 is 0 Å². The van der Waals surface area contributed by atoms with Crippen LogP contribution in [0, 0.1) is 13.8 Å². The highest BCUT2D eigenvalue weighted by atomic mass is 16.3. The maximum absolute atomic E-state index is 10.2. The largest absolute Gasteiger partial charge is 0.507 e. The molecule has 0 aliphatic rings. The van der Waals surface area contributed by atoms with E-state index in [4.69, 9.17) is 0 Å². The molecule has 0 amide bonds. The molecular weight excluding hydrogens is 284 g/mol. The van der Waals surface area contributed by atoms with E-state index < -0.39 is 0 Å². The van der Waals surface area contributed by atoms with Crippen molar-refractivity contribution >= 4 is 0 Å². The standard InChI is InChI=1S/C21H20O2/c1-14-12-18(17-10-6-7-11-20(17)23)19(13-22)15(2)21(14)16-8-4-3-5-9-16/h3-12,22-23H,13H2,1-2H3. The van der Waals surface area contributed by atoms with Gasteiger partial charge in [-0.05, 0) is 53.3 Å². The molecule has 0 atom stereocenters. The highest BCUT2D eigenvalue weighted by Crippen LogP contribution is 2.38.